The van der Waals surface area contributed by atoms with Gasteiger partial charge in [0.2, 0.25) is 5.91 Å². The fraction of sp³-hybridized carbons (Fsp3) is 0.923. The van der Waals surface area contributed by atoms with Gasteiger partial charge in [-0.1, -0.05) is 6.92 Å². The number of hydrogen-bond acceptors (Lipinski definition) is 3. The molecule has 0 aromatic rings. The number of amides is 1. The number of carbonyl (C=O) groups excluding carboxylic acids is 1. The molecule has 1 aliphatic rings. The zero-order chi connectivity index (χ0) is 12.8. The molecule has 1 fully saturated rings. The van der Waals surface area contributed by atoms with Gasteiger partial charge in [0, 0.05) is 25.6 Å². The van der Waals surface area contributed by atoms with Gasteiger partial charge in [-0.15, -0.1) is 0 Å². The fourth-order valence-corrected chi connectivity index (χ4v) is 2.19. The molecule has 0 radical (unpaired) electrons. The van der Waals surface area contributed by atoms with Gasteiger partial charge in [0.05, 0.1) is 6.61 Å². The lowest BCUT2D eigenvalue weighted by Gasteiger charge is -2.31. The van der Waals surface area contributed by atoms with Crippen molar-refractivity contribution in [3.8, 4) is 0 Å². The minimum atomic E-state index is 0.0260. The first-order chi connectivity index (χ1) is 8.11. The van der Waals surface area contributed by atoms with Crippen LogP contribution in [0.4, 0.5) is 0 Å². The number of nitrogens with zero attached hydrogens (tertiary/aromatic N) is 1. The van der Waals surface area contributed by atoms with Crippen LogP contribution < -0.4 is 5.73 Å². The Morgan fingerprint density at radius 1 is 1.47 bits per heavy atom. The van der Waals surface area contributed by atoms with Gasteiger partial charge in [0.1, 0.15) is 0 Å². The normalized spacial score (nSPS) is 18.8. The Balaban J connectivity index is 2.56. The van der Waals surface area contributed by atoms with Crippen LogP contribution in [0.5, 0.6) is 0 Å². The van der Waals surface area contributed by atoms with E-state index in [1.807, 2.05) is 11.8 Å². The summed E-state index contributed by atoms with van der Waals surface area (Å²) in [5.74, 6) is 0.950. The molecule has 4 nitrogen and oxygen atoms in total. The zero-order valence-electron chi connectivity index (χ0n) is 11.3. The molecule has 0 aliphatic heterocycles. The second-order valence-electron chi connectivity index (χ2n) is 5.08. The highest BCUT2D eigenvalue weighted by Crippen LogP contribution is 2.35. The molecule has 2 atom stereocenters. The molecule has 0 heterocycles. The third-order valence-corrected chi connectivity index (χ3v) is 3.64. The van der Waals surface area contributed by atoms with Gasteiger partial charge in [-0.3, -0.25) is 4.79 Å². The van der Waals surface area contributed by atoms with E-state index in [9.17, 15) is 4.79 Å². The Kier molecular flexibility index (Phi) is 5.92. The first-order valence-corrected chi connectivity index (χ1v) is 6.61. The standard InChI is InChI=1S/C13H26N2O2/c1-10(6-7-14)13(16)15(8-9-17-3)11(2)12-4-5-12/h10-12H,4-9,14H2,1-3H3. The Hall–Kier alpha value is -0.610. The van der Waals surface area contributed by atoms with Crippen LogP contribution in [-0.2, 0) is 9.53 Å². The highest BCUT2D eigenvalue weighted by molar-refractivity contribution is 5.78. The summed E-state index contributed by atoms with van der Waals surface area (Å²) in [6, 6.07) is 0.345. The summed E-state index contributed by atoms with van der Waals surface area (Å²) in [4.78, 5) is 14.3. The van der Waals surface area contributed by atoms with Gasteiger partial charge in [0.15, 0.2) is 0 Å². The Morgan fingerprint density at radius 3 is 2.59 bits per heavy atom. The number of ether oxygens (including phenoxy) is 1. The summed E-state index contributed by atoms with van der Waals surface area (Å²) >= 11 is 0. The first kappa shape index (κ1) is 14.5. The maximum atomic E-state index is 12.3. The smallest absolute Gasteiger partial charge is 0.225 e. The molecular weight excluding hydrogens is 216 g/mol. The molecule has 0 saturated heterocycles. The number of nitrogens with two attached hydrogens (primary N) is 1. The van der Waals surface area contributed by atoms with Crippen molar-refractivity contribution in [3.63, 3.8) is 0 Å². The molecular formula is C13H26N2O2. The van der Waals surface area contributed by atoms with Crippen molar-refractivity contribution in [2.75, 3.05) is 26.8 Å². The van der Waals surface area contributed by atoms with Crippen LogP contribution in [0, 0.1) is 11.8 Å². The van der Waals surface area contributed by atoms with E-state index in [-0.39, 0.29) is 11.8 Å². The predicted molar refractivity (Wildman–Crippen MR) is 68.6 cm³/mol. The molecule has 100 valence electrons. The largest absolute Gasteiger partial charge is 0.383 e. The number of methoxy groups -OCH3 is 1. The van der Waals surface area contributed by atoms with Gasteiger partial charge in [0.25, 0.3) is 0 Å². The second kappa shape index (κ2) is 6.97. The van der Waals surface area contributed by atoms with Crippen molar-refractivity contribution >= 4 is 5.91 Å². The fourth-order valence-electron chi connectivity index (χ4n) is 2.19. The van der Waals surface area contributed by atoms with Crippen LogP contribution in [0.2, 0.25) is 0 Å². The highest BCUT2D eigenvalue weighted by atomic mass is 16.5. The SMILES string of the molecule is COCCN(C(=O)C(C)CCN)C(C)C1CC1. The lowest BCUT2D eigenvalue weighted by atomic mass is 10.0. The van der Waals surface area contributed by atoms with E-state index in [0.717, 1.165) is 6.42 Å². The van der Waals surface area contributed by atoms with Crippen molar-refractivity contribution in [2.45, 2.75) is 39.2 Å². The lowest BCUT2D eigenvalue weighted by Crippen LogP contribution is -2.44. The van der Waals surface area contributed by atoms with Crippen molar-refractivity contribution < 1.29 is 9.53 Å². The van der Waals surface area contributed by atoms with Crippen LogP contribution in [0.1, 0.15) is 33.1 Å². The van der Waals surface area contributed by atoms with Crippen LogP contribution in [0.15, 0.2) is 0 Å². The third-order valence-electron chi connectivity index (χ3n) is 3.64. The Morgan fingerprint density at radius 2 is 2.12 bits per heavy atom. The zero-order valence-corrected chi connectivity index (χ0v) is 11.3. The highest BCUT2D eigenvalue weighted by Gasteiger charge is 2.35. The van der Waals surface area contributed by atoms with Crippen LogP contribution >= 0.6 is 0 Å². The average molecular weight is 242 g/mol. The quantitative estimate of drug-likeness (QED) is 0.697. The van der Waals surface area contributed by atoms with E-state index >= 15 is 0 Å². The number of rotatable bonds is 8. The molecule has 1 rings (SSSR count). The van der Waals surface area contributed by atoms with Crippen LogP contribution in [0.25, 0.3) is 0 Å². The summed E-state index contributed by atoms with van der Waals surface area (Å²) in [7, 11) is 1.67. The molecule has 1 saturated carbocycles. The maximum absolute atomic E-state index is 12.3. The van der Waals surface area contributed by atoms with E-state index in [2.05, 4.69) is 6.92 Å². The van der Waals surface area contributed by atoms with E-state index in [1.165, 1.54) is 12.8 Å². The van der Waals surface area contributed by atoms with Crippen molar-refractivity contribution in [1.29, 1.82) is 0 Å². The monoisotopic (exact) mass is 242 g/mol. The minimum Gasteiger partial charge on any atom is -0.383 e. The van der Waals surface area contributed by atoms with Gasteiger partial charge in [-0.2, -0.15) is 0 Å². The molecule has 4 heteroatoms. The lowest BCUT2D eigenvalue weighted by molar-refractivity contribution is -0.138. The van der Waals surface area contributed by atoms with E-state index in [1.54, 1.807) is 7.11 Å². The van der Waals surface area contributed by atoms with Crippen molar-refractivity contribution in [2.24, 2.45) is 17.6 Å². The van der Waals surface area contributed by atoms with Crippen LogP contribution in [0.3, 0.4) is 0 Å². The van der Waals surface area contributed by atoms with E-state index in [4.69, 9.17) is 10.5 Å². The number of carbonyl (C=O) groups is 1. The predicted octanol–water partition coefficient (Wildman–Crippen LogP) is 1.24. The molecule has 0 aromatic heterocycles. The van der Waals surface area contributed by atoms with Gasteiger partial charge >= 0.3 is 0 Å². The molecule has 17 heavy (non-hydrogen) atoms. The average Bonchev–Trinajstić information content (AvgIpc) is 3.13. The van der Waals surface area contributed by atoms with Crippen molar-refractivity contribution in [1.82, 2.24) is 4.90 Å². The molecule has 0 bridgehead atoms. The molecule has 1 aliphatic carbocycles. The van der Waals surface area contributed by atoms with Gasteiger partial charge < -0.3 is 15.4 Å². The van der Waals surface area contributed by atoms with E-state index in [0.29, 0.717) is 31.7 Å². The summed E-state index contributed by atoms with van der Waals surface area (Å²) in [6.45, 7) is 6.00. The molecule has 1 amide bonds. The number of hydrogen-bond donors (Lipinski definition) is 1. The Labute approximate surface area is 104 Å². The maximum Gasteiger partial charge on any atom is 0.225 e. The van der Waals surface area contributed by atoms with Gasteiger partial charge in [-0.05, 0) is 38.6 Å². The first-order valence-electron chi connectivity index (χ1n) is 6.61. The van der Waals surface area contributed by atoms with Crippen molar-refractivity contribution in [3.05, 3.63) is 0 Å². The summed E-state index contributed by atoms with van der Waals surface area (Å²) in [5.41, 5.74) is 5.52. The summed E-state index contributed by atoms with van der Waals surface area (Å²) < 4.78 is 5.09. The summed E-state index contributed by atoms with van der Waals surface area (Å²) in [6.07, 6.45) is 3.27. The molecule has 0 spiro atoms. The molecule has 2 N–H and O–H groups in total. The van der Waals surface area contributed by atoms with Crippen LogP contribution in [-0.4, -0.2) is 43.7 Å². The minimum absolute atomic E-state index is 0.0260. The van der Waals surface area contributed by atoms with Gasteiger partial charge in [-0.25, -0.2) is 0 Å². The molecule has 0 aromatic carbocycles. The molecule has 2 unspecified atom stereocenters. The second-order valence-corrected chi connectivity index (χ2v) is 5.08. The topological polar surface area (TPSA) is 55.6 Å². The Bertz CT molecular complexity index is 242. The third kappa shape index (κ3) is 4.28. The summed E-state index contributed by atoms with van der Waals surface area (Å²) in [5, 5.41) is 0. The van der Waals surface area contributed by atoms with E-state index < -0.39 is 0 Å².